The van der Waals surface area contributed by atoms with Crippen LogP contribution in [-0.2, 0) is 6.54 Å². The minimum atomic E-state index is -0.424. The Balaban J connectivity index is 1.52. The van der Waals surface area contributed by atoms with Gasteiger partial charge in [-0.15, -0.1) is 0 Å². The first-order chi connectivity index (χ1) is 12.9. The molecule has 0 aromatic heterocycles. The third kappa shape index (κ3) is 5.07. The molecule has 0 radical (unpaired) electrons. The molecule has 1 aliphatic rings. The molecule has 0 saturated carbocycles. The molecule has 1 fully saturated rings. The van der Waals surface area contributed by atoms with Crippen LogP contribution in [0, 0.1) is 10.1 Å². The number of nitrogens with zero attached hydrogens (tertiary/aromatic N) is 3. The van der Waals surface area contributed by atoms with Crippen molar-refractivity contribution in [2.75, 3.05) is 31.5 Å². The van der Waals surface area contributed by atoms with Gasteiger partial charge in [-0.25, -0.2) is 0 Å². The Morgan fingerprint density at radius 1 is 1.07 bits per heavy atom. The molecule has 9 heteroatoms. The normalized spacial score (nSPS) is 14.8. The minimum absolute atomic E-state index is 0.0540. The number of halogens is 2. The lowest BCUT2D eigenvalue weighted by molar-refractivity contribution is -0.384. The molecular weight excluding hydrogens is 407 g/mol. The van der Waals surface area contributed by atoms with Crippen molar-refractivity contribution in [1.29, 1.82) is 0 Å². The number of anilines is 1. The van der Waals surface area contributed by atoms with Crippen molar-refractivity contribution in [3.05, 3.63) is 68.2 Å². The fourth-order valence-electron chi connectivity index (χ4n) is 2.89. The van der Waals surface area contributed by atoms with Gasteiger partial charge in [0.25, 0.3) is 5.69 Å². The number of non-ortho nitro benzene ring substituents is 1. The van der Waals surface area contributed by atoms with E-state index < -0.39 is 4.92 Å². The van der Waals surface area contributed by atoms with Crippen molar-refractivity contribution in [1.82, 2.24) is 9.80 Å². The second-order valence-electron chi connectivity index (χ2n) is 6.20. The third-order valence-corrected chi connectivity index (χ3v) is 5.50. The van der Waals surface area contributed by atoms with E-state index in [1.54, 1.807) is 12.1 Å². The highest BCUT2D eigenvalue weighted by molar-refractivity contribution is 7.80. The molecule has 2 aromatic carbocycles. The molecule has 6 nitrogen and oxygen atoms in total. The fraction of sp³-hybridized carbons (Fsp3) is 0.278. The molecule has 0 amide bonds. The smallest absolute Gasteiger partial charge is 0.269 e. The van der Waals surface area contributed by atoms with Crippen molar-refractivity contribution in [3.8, 4) is 0 Å². The zero-order valence-electron chi connectivity index (χ0n) is 14.4. The molecule has 1 heterocycles. The van der Waals surface area contributed by atoms with Gasteiger partial charge in [-0.05, 0) is 36.5 Å². The molecule has 142 valence electrons. The van der Waals surface area contributed by atoms with E-state index in [0.29, 0.717) is 21.7 Å². The van der Waals surface area contributed by atoms with Gasteiger partial charge in [-0.1, -0.05) is 29.3 Å². The van der Waals surface area contributed by atoms with Crippen LogP contribution in [0.15, 0.2) is 42.5 Å². The molecule has 0 bridgehead atoms. The van der Waals surface area contributed by atoms with Crippen molar-refractivity contribution in [2.45, 2.75) is 6.54 Å². The van der Waals surface area contributed by atoms with Gasteiger partial charge in [0.1, 0.15) is 0 Å². The quantitative estimate of drug-likeness (QED) is 0.445. The molecule has 1 aliphatic heterocycles. The summed E-state index contributed by atoms with van der Waals surface area (Å²) in [5, 5.41) is 15.8. The van der Waals surface area contributed by atoms with Gasteiger partial charge in [0.05, 0.1) is 4.92 Å². The van der Waals surface area contributed by atoms with E-state index in [2.05, 4.69) is 15.1 Å². The lowest BCUT2D eigenvalue weighted by atomic mass is 10.2. The van der Waals surface area contributed by atoms with Crippen LogP contribution in [0.5, 0.6) is 0 Å². The highest BCUT2D eigenvalue weighted by atomic mass is 35.5. The molecule has 3 rings (SSSR count). The van der Waals surface area contributed by atoms with E-state index in [9.17, 15) is 10.1 Å². The van der Waals surface area contributed by atoms with Crippen molar-refractivity contribution >= 4 is 51.9 Å². The minimum Gasteiger partial charge on any atom is -0.346 e. The summed E-state index contributed by atoms with van der Waals surface area (Å²) in [6.07, 6.45) is 0. The van der Waals surface area contributed by atoms with Crippen LogP contribution in [0.4, 0.5) is 11.4 Å². The zero-order chi connectivity index (χ0) is 19.4. The molecule has 0 aliphatic carbocycles. The predicted octanol–water partition coefficient (Wildman–Crippen LogP) is 4.42. The number of benzene rings is 2. The van der Waals surface area contributed by atoms with E-state index in [1.165, 1.54) is 12.1 Å². The fourth-order valence-corrected chi connectivity index (χ4v) is 3.70. The average Bonchev–Trinajstić information content (AvgIpc) is 2.66. The van der Waals surface area contributed by atoms with E-state index in [4.69, 9.17) is 35.4 Å². The highest BCUT2D eigenvalue weighted by Crippen LogP contribution is 2.26. The first-order valence-corrected chi connectivity index (χ1v) is 9.56. The lowest BCUT2D eigenvalue weighted by Crippen LogP contribution is -2.49. The molecular formula is C18H18Cl2N4O2S. The average molecular weight is 425 g/mol. The Kier molecular flexibility index (Phi) is 6.49. The van der Waals surface area contributed by atoms with E-state index >= 15 is 0 Å². The van der Waals surface area contributed by atoms with Crippen molar-refractivity contribution in [3.63, 3.8) is 0 Å². The SMILES string of the molecule is O=[N+]([O-])c1ccc(NC(=S)N2CCN(Cc3c(Cl)cccc3Cl)CC2)cc1. The van der Waals surface area contributed by atoms with Crippen LogP contribution in [0.2, 0.25) is 10.0 Å². The zero-order valence-corrected chi connectivity index (χ0v) is 16.7. The maximum Gasteiger partial charge on any atom is 0.269 e. The summed E-state index contributed by atoms with van der Waals surface area (Å²) in [6.45, 7) is 3.93. The summed E-state index contributed by atoms with van der Waals surface area (Å²) < 4.78 is 0. The number of thiocarbonyl (C=S) groups is 1. The molecule has 1 N–H and O–H groups in total. The number of hydrogen-bond donors (Lipinski definition) is 1. The van der Waals surface area contributed by atoms with Crippen LogP contribution in [0.1, 0.15) is 5.56 Å². The summed E-state index contributed by atoms with van der Waals surface area (Å²) in [7, 11) is 0. The highest BCUT2D eigenvalue weighted by Gasteiger charge is 2.20. The number of nitrogens with one attached hydrogen (secondary N) is 1. The van der Waals surface area contributed by atoms with Crippen LogP contribution in [-0.4, -0.2) is 46.0 Å². The second-order valence-corrected chi connectivity index (χ2v) is 7.40. The van der Waals surface area contributed by atoms with Crippen molar-refractivity contribution in [2.24, 2.45) is 0 Å². The van der Waals surface area contributed by atoms with E-state index in [0.717, 1.165) is 37.4 Å². The monoisotopic (exact) mass is 424 g/mol. The van der Waals surface area contributed by atoms with Gasteiger partial charge in [0.15, 0.2) is 5.11 Å². The molecule has 0 atom stereocenters. The Bertz CT molecular complexity index is 820. The largest absolute Gasteiger partial charge is 0.346 e. The molecule has 0 unspecified atom stereocenters. The van der Waals surface area contributed by atoms with Gasteiger partial charge in [0, 0.05) is 66.2 Å². The number of rotatable bonds is 4. The molecule has 0 spiro atoms. The van der Waals surface area contributed by atoms with Crippen molar-refractivity contribution < 1.29 is 4.92 Å². The van der Waals surface area contributed by atoms with Gasteiger partial charge in [0.2, 0.25) is 0 Å². The van der Waals surface area contributed by atoms with Gasteiger partial charge < -0.3 is 10.2 Å². The third-order valence-electron chi connectivity index (χ3n) is 4.43. The number of nitro groups is 1. The molecule has 2 aromatic rings. The first kappa shape index (κ1) is 19.8. The standard InChI is InChI=1S/C18H18Cl2N4O2S/c19-16-2-1-3-17(20)15(16)12-22-8-10-23(11-9-22)18(27)21-13-4-6-14(7-5-13)24(25)26/h1-7H,8-12H2,(H,21,27). The van der Waals surface area contributed by atoms with E-state index in [-0.39, 0.29) is 5.69 Å². The van der Waals surface area contributed by atoms with Gasteiger partial charge >= 0.3 is 0 Å². The van der Waals surface area contributed by atoms with Gasteiger partial charge in [-0.3, -0.25) is 15.0 Å². The maximum absolute atomic E-state index is 10.7. The lowest BCUT2D eigenvalue weighted by Gasteiger charge is -2.36. The Labute approximate surface area is 172 Å². The Hall–Kier alpha value is -1.93. The summed E-state index contributed by atoms with van der Waals surface area (Å²) in [5.74, 6) is 0. The summed E-state index contributed by atoms with van der Waals surface area (Å²) in [5.41, 5.74) is 1.73. The summed E-state index contributed by atoms with van der Waals surface area (Å²) in [6, 6.07) is 11.8. The number of hydrogen-bond acceptors (Lipinski definition) is 4. The van der Waals surface area contributed by atoms with Gasteiger partial charge in [-0.2, -0.15) is 0 Å². The van der Waals surface area contributed by atoms with Crippen LogP contribution in [0.25, 0.3) is 0 Å². The maximum atomic E-state index is 10.7. The Morgan fingerprint density at radius 3 is 2.22 bits per heavy atom. The second kappa shape index (κ2) is 8.84. The number of nitro benzene ring substituents is 1. The molecule has 27 heavy (non-hydrogen) atoms. The topological polar surface area (TPSA) is 61.7 Å². The molecule has 1 saturated heterocycles. The summed E-state index contributed by atoms with van der Waals surface area (Å²) in [4.78, 5) is 14.7. The van der Waals surface area contributed by atoms with E-state index in [1.807, 2.05) is 18.2 Å². The summed E-state index contributed by atoms with van der Waals surface area (Å²) >= 11 is 18.0. The van der Waals surface area contributed by atoms with Crippen LogP contribution in [0.3, 0.4) is 0 Å². The Morgan fingerprint density at radius 2 is 1.67 bits per heavy atom. The number of piperazine rings is 1. The van der Waals surface area contributed by atoms with Crippen LogP contribution >= 0.6 is 35.4 Å². The first-order valence-electron chi connectivity index (χ1n) is 8.39. The predicted molar refractivity (Wildman–Crippen MR) is 113 cm³/mol. The van der Waals surface area contributed by atoms with Crippen LogP contribution < -0.4 is 5.32 Å².